The molecule has 0 spiro atoms. The third kappa shape index (κ3) is 6.73. The van der Waals surface area contributed by atoms with Crippen molar-refractivity contribution in [1.82, 2.24) is 19.9 Å². The van der Waals surface area contributed by atoms with Crippen LogP contribution in [0.15, 0.2) is 75.8 Å². The molecule has 222 valence electrons. The van der Waals surface area contributed by atoms with Gasteiger partial charge in [0.1, 0.15) is 11.6 Å². The molecule has 3 saturated heterocycles. The number of rotatable bonds is 7. The smallest absolute Gasteiger partial charge is 0.229 e. The van der Waals surface area contributed by atoms with E-state index in [1.807, 2.05) is 6.07 Å². The van der Waals surface area contributed by atoms with E-state index in [-0.39, 0.29) is 0 Å². The number of aromatic nitrogens is 3. The van der Waals surface area contributed by atoms with Gasteiger partial charge in [-0.25, -0.2) is 4.98 Å². The number of nitrogens with one attached hydrogen (secondary N) is 1. The zero-order chi connectivity index (χ0) is 29.0. The monoisotopic (exact) mass is 628 g/mol. The molecule has 8 nitrogen and oxygen atoms in total. The van der Waals surface area contributed by atoms with E-state index in [1.165, 1.54) is 35.5 Å². The van der Waals surface area contributed by atoms with Gasteiger partial charge in [-0.3, -0.25) is 0 Å². The predicted octanol–water partition coefficient (Wildman–Crippen LogP) is 6.47. The van der Waals surface area contributed by atoms with E-state index in [2.05, 4.69) is 84.9 Å². The molecule has 0 atom stereocenters. The first-order valence-corrected chi connectivity index (χ1v) is 17.3. The molecule has 0 saturated carbocycles. The second kappa shape index (κ2) is 13.1. The Morgan fingerprint density at radius 2 is 1.30 bits per heavy atom. The van der Waals surface area contributed by atoms with Gasteiger partial charge >= 0.3 is 0 Å². The normalized spacial score (nSPS) is 17.1. The SMILES string of the molecule is S=C(Nc1nc(-c2ccc(Sc3ccccc3)cc2)cs1)N1CCN(c2cc(N3CCCC3)nc(N3CCCC3)n2)CC1. The summed E-state index contributed by atoms with van der Waals surface area (Å²) >= 11 is 9.18. The summed E-state index contributed by atoms with van der Waals surface area (Å²) in [4.78, 5) is 26.7. The average molecular weight is 629 g/mol. The first kappa shape index (κ1) is 28.4. The number of hydrogen-bond acceptors (Lipinski definition) is 9. The maximum absolute atomic E-state index is 5.82. The lowest BCUT2D eigenvalue weighted by atomic mass is 10.2. The molecule has 43 heavy (non-hydrogen) atoms. The lowest BCUT2D eigenvalue weighted by Crippen LogP contribution is -2.50. The topological polar surface area (TPSA) is 63.7 Å². The number of anilines is 4. The van der Waals surface area contributed by atoms with Crippen molar-refractivity contribution in [1.29, 1.82) is 0 Å². The van der Waals surface area contributed by atoms with Crippen LogP contribution in [-0.2, 0) is 0 Å². The second-order valence-corrected chi connectivity index (χ2v) is 13.5. The molecule has 3 aliphatic rings. The largest absolute Gasteiger partial charge is 0.356 e. The molecule has 11 heteroatoms. The fourth-order valence-corrected chi connectivity index (χ4v) is 7.73. The van der Waals surface area contributed by atoms with Gasteiger partial charge in [0, 0.05) is 79.2 Å². The molecular formula is C32H36N8S3. The Morgan fingerprint density at radius 1 is 0.698 bits per heavy atom. The van der Waals surface area contributed by atoms with Crippen LogP contribution in [0.4, 0.5) is 22.7 Å². The standard InChI is InChI=1S/C32H36N8S3/c41-32(36-31-33-27(23-42-31)24-10-12-26(13-11-24)43-25-8-2-1-3-9-25)40-20-18-38(19-21-40)29-22-28(37-14-4-5-15-37)34-30(35-29)39-16-6-7-17-39/h1-3,8-13,22-23H,4-7,14-21H2,(H,33,36,41). The van der Waals surface area contributed by atoms with Crippen LogP contribution in [0.1, 0.15) is 25.7 Å². The van der Waals surface area contributed by atoms with E-state index in [0.29, 0.717) is 0 Å². The van der Waals surface area contributed by atoms with Gasteiger partial charge in [-0.2, -0.15) is 9.97 Å². The minimum absolute atomic E-state index is 0.730. The molecule has 5 heterocycles. The van der Waals surface area contributed by atoms with E-state index >= 15 is 0 Å². The summed E-state index contributed by atoms with van der Waals surface area (Å²) in [6, 6.07) is 21.2. The van der Waals surface area contributed by atoms with Crippen LogP contribution in [0.3, 0.4) is 0 Å². The molecule has 1 N–H and O–H groups in total. The molecule has 2 aromatic carbocycles. The Labute approximate surface area is 267 Å². The quantitative estimate of drug-likeness (QED) is 0.231. The van der Waals surface area contributed by atoms with E-state index in [0.717, 1.165) is 91.4 Å². The van der Waals surface area contributed by atoms with Crippen LogP contribution in [0.5, 0.6) is 0 Å². The van der Waals surface area contributed by atoms with Crippen molar-refractivity contribution < 1.29 is 0 Å². The van der Waals surface area contributed by atoms with Crippen LogP contribution < -0.4 is 20.0 Å². The van der Waals surface area contributed by atoms with Crippen LogP contribution in [0.25, 0.3) is 11.3 Å². The maximum atomic E-state index is 5.82. The molecule has 2 aromatic heterocycles. The van der Waals surface area contributed by atoms with Crippen molar-refractivity contribution in [3.8, 4) is 11.3 Å². The lowest BCUT2D eigenvalue weighted by Gasteiger charge is -2.37. The van der Waals surface area contributed by atoms with Crippen molar-refractivity contribution in [3.63, 3.8) is 0 Å². The highest BCUT2D eigenvalue weighted by Crippen LogP contribution is 2.31. The molecule has 7 rings (SSSR count). The minimum atomic E-state index is 0.730. The van der Waals surface area contributed by atoms with Crippen LogP contribution >= 0.6 is 35.3 Å². The van der Waals surface area contributed by atoms with Gasteiger partial charge in [0.05, 0.1) is 5.69 Å². The number of nitrogens with zero attached hydrogens (tertiary/aromatic N) is 7. The number of thiocarbonyl (C=S) groups is 1. The molecule has 0 amide bonds. The number of hydrogen-bond donors (Lipinski definition) is 1. The molecule has 0 bridgehead atoms. The highest BCUT2D eigenvalue weighted by molar-refractivity contribution is 7.99. The zero-order valence-corrected chi connectivity index (χ0v) is 26.6. The summed E-state index contributed by atoms with van der Waals surface area (Å²) in [6.07, 6.45) is 4.91. The average Bonchev–Trinajstić information content (AvgIpc) is 3.86. The van der Waals surface area contributed by atoms with Crippen molar-refractivity contribution in [2.24, 2.45) is 0 Å². The van der Waals surface area contributed by atoms with Crippen molar-refractivity contribution in [2.75, 3.05) is 72.4 Å². The van der Waals surface area contributed by atoms with Gasteiger partial charge < -0.3 is 24.9 Å². The fourth-order valence-electron chi connectivity index (χ4n) is 5.83. The van der Waals surface area contributed by atoms with E-state index < -0.39 is 0 Å². The van der Waals surface area contributed by atoms with Crippen LogP contribution in [0.2, 0.25) is 0 Å². The van der Waals surface area contributed by atoms with Gasteiger partial charge in [-0.05, 0) is 62.2 Å². The first-order chi connectivity index (χ1) is 21.2. The third-order valence-corrected chi connectivity index (χ3v) is 10.4. The molecule has 4 aromatic rings. The van der Waals surface area contributed by atoms with E-state index in [4.69, 9.17) is 27.2 Å². The number of piperazine rings is 1. The van der Waals surface area contributed by atoms with Gasteiger partial charge in [0.25, 0.3) is 0 Å². The summed E-state index contributed by atoms with van der Waals surface area (Å²) in [5, 5.41) is 7.04. The lowest BCUT2D eigenvalue weighted by molar-refractivity contribution is 0.389. The number of thiazole rings is 1. The van der Waals surface area contributed by atoms with Crippen molar-refractivity contribution >= 4 is 63.1 Å². The summed E-state index contributed by atoms with van der Waals surface area (Å²) in [5.41, 5.74) is 2.07. The van der Waals surface area contributed by atoms with E-state index in [9.17, 15) is 0 Å². The fraction of sp³-hybridized carbons (Fsp3) is 0.375. The molecule has 0 radical (unpaired) electrons. The van der Waals surface area contributed by atoms with Gasteiger partial charge in [-0.15, -0.1) is 11.3 Å². The summed E-state index contributed by atoms with van der Waals surface area (Å²) in [6.45, 7) is 7.69. The van der Waals surface area contributed by atoms with Gasteiger partial charge in [0.2, 0.25) is 5.95 Å². The second-order valence-electron chi connectivity index (χ2n) is 11.2. The summed E-state index contributed by atoms with van der Waals surface area (Å²) in [5.74, 6) is 3.00. The van der Waals surface area contributed by atoms with Crippen molar-refractivity contribution in [3.05, 3.63) is 66.0 Å². The molecule has 0 aliphatic carbocycles. The minimum Gasteiger partial charge on any atom is -0.356 e. The Morgan fingerprint density at radius 3 is 1.98 bits per heavy atom. The predicted molar refractivity (Wildman–Crippen MR) is 183 cm³/mol. The zero-order valence-electron chi connectivity index (χ0n) is 24.2. The maximum Gasteiger partial charge on any atom is 0.229 e. The molecular weight excluding hydrogens is 593 g/mol. The first-order valence-electron chi connectivity index (χ1n) is 15.2. The van der Waals surface area contributed by atoms with E-state index in [1.54, 1.807) is 23.1 Å². The third-order valence-electron chi connectivity index (χ3n) is 8.24. The van der Waals surface area contributed by atoms with Crippen LogP contribution in [0, 0.1) is 0 Å². The Hall–Kier alpha value is -3.41. The Bertz CT molecular complexity index is 1490. The molecule has 3 fully saturated rings. The van der Waals surface area contributed by atoms with Gasteiger partial charge in [0.15, 0.2) is 10.2 Å². The highest BCUT2D eigenvalue weighted by atomic mass is 32.2. The van der Waals surface area contributed by atoms with Crippen molar-refractivity contribution in [2.45, 2.75) is 35.5 Å². The highest BCUT2D eigenvalue weighted by Gasteiger charge is 2.25. The molecule has 0 unspecified atom stereocenters. The Balaban J connectivity index is 0.959. The summed E-state index contributed by atoms with van der Waals surface area (Å²) < 4.78 is 0. The number of benzene rings is 2. The molecule has 3 aliphatic heterocycles. The Kier molecular flexibility index (Phi) is 8.62. The van der Waals surface area contributed by atoms with Gasteiger partial charge in [-0.1, -0.05) is 42.1 Å². The summed E-state index contributed by atoms with van der Waals surface area (Å²) in [7, 11) is 0. The van der Waals surface area contributed by atoms with Crippen LogP contribution in [-0.4, -0.2) is 77.3 Å².